The van der Waals surface area contributed by atoms with Crippen LogP contribution in [-0.2, 0) is 13.1 Å². The molecule has 2 aromatic heterocycles. The van der Waals surface area contributed by atoms with Crippen LogP contribution >= 0.6 is 11.6 Å². The van der Waals surface area contributed by atoms with Crippen LogP contribution in [0.5, 0.6) is 0 Å². The van der Waals surface area contributed by atoms with Crippen molar-refractivity contribution in [1.29, 1.82) is 0 Å². The highest BCUT2D eigenvalue weighted by molar-refractivity contribution is 6.30. The van der Waals surface area contributed by atoms with Gasteiger partial charge in [-0.2, -0.15) is 0 Å². The number of nitrogens with one attached hydrogen (secondary N) is 1. The van der Waals surface area contributed by atoms with E-state index in [0.717, 1.165) is 18.5 Å². The molecule has 1 N–H and O–H groups in total. The summed E-state index contributed by atoms with van der Waals surface area (Å²) in [6.45, 7) is 1.92. The molecule has 0 spiro atoms. The zero-order valence-corrected chi connectivity index (χ0v) is 13.7. The first-order valence-corrected chi connectivity index (χ1v) is 7.97. The van der Waals surface area contributed by atoms with Crippen molar-refractivity contribution in [3.63, 3.8) is 0 Å². The first kappa shape index (κ1) is 16.2. The van der Waals surface area contributed by atoms with E-state index in [-0.39, 0.29) is 5.91 Å². The monoisotopic (exact) mass is 344 g/mol. The number of hydrogen-bond donors (Lipinski definition) is 1. The Labute approximate surface area is 144 Å². The van der Waals surface area contributed by atoms with Gasteiger partial charge in [-0.1, -0.05) is 28.9 Å². The summed E-state index contributed by atoms with van der Waals surface area (Å²) in [6, 6.07) is 7.48. The molecular formula is C16H17ClN6O. The lowest BCUT2D eigenvalue weighted by molar-refractivity contribution is 0.0947. The lowest BCUT2D eigenvalue weighted by Gasteiger charge is -2.03. The molecule has 8 heteroatoms. The number of halogens is 1. The molecule has 0 fully saturated rings. The molecule has 0 radical (unpaired) electrons. The third kappa shape index (κ3) is 4.42. The second-order valence-corrected chi connectivity index (χ2v) is 5.77. The smallest absolute Gasteiger partial charge is 0.273 e. The number of aromatic nitrogens is 5. The Hall–Kier alpha value is -2.67. The van der Waals surface area contributed by atoms with Crippen LogP contribution in [0.1, 0.15) is 22.5 Å². The van der Waals surface area contributed by atoms with E-state index in [1.165, 1.54) is 0 Å². The number of nitrogens with zero attached hydrogens (tertiary/aromatic N) is 5. The summed E-state index contributed by atoms with van der Waals surface area (Å²) in [7, 11) is 0. The Morgan fingerprint density at radius 1 is 1.25 bits per heavy atom. The highest BCUT2D eigenvalue weighted by Crippen LogP contribution is 2.10. The molecule has 1 amide bonds. The third-order valence-electron chi connectivity index (χ3n) is 3.47. The van der Waals surface area contributed by atoms with Gasteiger partial charge in [0, 0.05) is 30.5 Å². The number of hydrogen-bond acceptors (Lipinski definition) is 4. The van der Waals surface area contributed by atoms with Gasteiger partial charge in [0.25, 0.3) is 5.91 Å². The van der Waals surface area contributed by atoms with Gasteiger partial charge in [0.05, 0.1) is 19.1 Å². The summed E-state index contributed by atoms with van der Waals surface area (Å²) in [5.74, 6) is -0.219. The quantitative estimate of drug-likeness (QED) is 0.665. The zero-order valence-electron chi connectivity index (χ0n) is 13.0. The van der Waals surface area contributed by atoms with Gasteiger partial charge in [0.2, 0.25) is 0 Å². The standard InChI is InChI=1S/C16H17ClN6O/c17-14-4-2-13(3-5-14)10-23-11-15(20-21-23)16(24)19-6-1-8-22-9-7-18-12-22/h2-5,7,9,11-12H,1,6,8,10H2,(H,19,24). The maximum absolute atomic E-state index is 12.1. The predicted octanol–water partition coefficient (Wildman–Crippen LogP) is 2.00. The van der Waals surface area contributed by atoms with E-state index in [1.54, 1.807) is 23.4 Å². The Morgan fingerprint density at radius 3 is 2.83 bits per heavy atom. The van der Waals surface area contributed by atoms with Gasteiger partial charge in [0.15, 0.2) is 5.69 Å². The molecule has 7 nitrogen and oxygen atoms in total. The first-order valence-electron chi connectivity index (χ1n) is 7.59. The minimum absolute atomic E-state index is 0.219. The van der Waals surface area contributed by atoms with E-state index in [9.17, 15) is 4.79 Å². The number of aryl methyl sites for hydroxylation is 1. The second-order valence-electron chi connectivity index (χ2n) is 5.34. The molecule has 24 heavy (non-hydrogen) atoms. The molecule has 3 rings (SSSR count). The van der Waals surface area contributed by atoms with Crippen molar-refractivity contribution in [1.82, 2.24) is 29.9 Å². The Balaban J connectivity index is 1.47. The van der Waals surface area contributed by atoms with Crippen LogP contribution in [0.4, 0.5) is 0 Å². The Bertz CT molecular complexity index is 781. The highest BCUT2D eigenvalue weighted by Gasteiger charge is 2.10. The number of rotatable bonds is 7. The SMILES string of the molecule is O=C(NCCCn1ccnc1)c1cn(Cc2ccc(Cl)cc2)nn1. The minimum Gasteiger partial charge on any atom is -0.351 e. The molecule has 0 saturated heterocycles. The number of carbonyl (C=O) groups excluding carboxylic acids is 1. The summed E-state index contributed by atoms with van der Waals surface area (Å²) in [6.07, 6.45) is 7.84. The molecule has 3 aromatic rings. The van der Waals surface area contributed by atoms with Crippen molar-refractivity contribution >= 4 is 17.5 Å². The molecular weight excluding hydrogens is 328 g/mol. The average Bonchev–Trinajstić information content (AvgIpc) is 3.25. The van der Waals surface area contributed by atoms with Crippen LogP contribution in [-0.4, -0.2) is 37.0 Å². The fourth-order valence-electron chi connectivity index (χ4n) is 2.23. The molecule has 124 valence electrons. The molecule has 0 aliphatic carbocycles. The topological polar surface area (TPSA) is 77.6 Å². The van der Waals surface area contributed by atoms with Crippen molar-refractivity contribution in [2.75, 3.05) is 6.54 Å². The fourth-order valence-corrected chi connectivity index (χ4v) is 2.36. The van der Waals surface area contributed by atoms with Gasteiger partial charge < -0.3 is 9.88 Å². The summed E-state index contributed by atoms with van der Waals surface area (Å²) in [5.41, 5.74) is 1.35. The first-order chi connectivity index (χ1) is 11.7. The zero-order chi connectivity index (χ0) is 16.8. The summed E-state index contributed by atoms with van der Waals surface area (Å²) in [5, 5.41) is 11.4. The van der Waals surface area contributed by atoms with Crippen molar-refractivity contribution in [2.24, 2.45) is 0 Å². The molecule has 0 atom stereocenters. The maximum atomic E-state index is 12.1. The molecule has 0 unspecified atom stereocenters. The molecule has 2 heterocycles. The van der Waals surface area contributed by atoms with E-state index in [2.05, 4.69) is 20.6 Å². The van der Waals surface area contributed by atoms with Gasteiger partial charge in [-0.3, -0.25) is 4.79 Å². The van der Waals surface area contributed by atoms with Crippen LogP contribution in [0.15, 0.2) is 49.2 Å². The van der Waals surface area contributed by atoms with E-state index in [0.29, 0.717) is 23.8 Å². The normalized spacial score (nSPS) is 10.7. The van der Waals surface area contributed by atoms with Crippen molar-refractivity contribution in [3.05, 3.63) is 65.5 Å². The van der Waals surface area contributed by atoms with Gasteiger partial charge >= 0.3 is 0 Å². The van der Waals surface area contributed by atoms with Gasteiger partial charge in [-0.05, 0) is 24.1 Å². The van der Waals surface area contributed by atoms with Gasteiger partial charge in [0.1, 0.15) is 0 Å². The lowest BCUT2D eigenvalue weighted by atomic mass is 10.2. The van der Waals surface area contributed by atoms with Gasteiger partial charge in [-0.15, -0.1) is 5.10 Å². The fraction of sp³-hybridized carbons (Fsp3) is 0.250. The highest BCUT2D eigenvalue weighted by atomic mass is 35.5. The van der Waals surface area contributed by atoms with Crippen LogP contribution in [0, 0.1) is 0 Å². The number of carbonyl (C=O) groups is 1. The molecule has 0 saturated carbocycles. The van der Waals surface area contributed by atoms with Crippen molar-refractivity contribution in [3.8, 4) is 0 Å². The summed E-state index contributed by atoms with van der Waals surface area (Å²) < 4.78 is 3.60. The van der Waals surface area contributed by atoms with E-state index >= 15 is 0 Å². The maximum Gasteiger partial charge on any atom is 0.273 e. The predicted molar refractivity (Wildman–Crippen MR) is 89.8 cm³/mol. The van der Waals surface area contributed by atoms with Gasteiger partial charge in [-0.25, -0.2) is 9.67 Å². The number of benzene rings is 1. The second kappa shape index (κ2) is 7.74. The summed E-state index contributed by atoms with van der Waals surface area (Å²) >= 11 is 5.86. The lowest BCUT2D eigenvalue weighted by Crippen LogP contribution is -2.25. The number of amides is 1. The van der Waals surface area contributed by atoms with Crippen molar-refractivity contribution < 1.29 is 4.79 Å². The van der Waals surface area contributed by atoms with Crippen LogP contribution < -0.4 is 5.32 Å². The molecule has 0 bridgehead atoms. The van der Waals surface area contributed by atoms with E-state index < -0.39 is 0 Å². The van der Waals surface area contributed by atoms with E-state index in [1.807, 2.05) is 35.0 Å². The summed E-state index contributed by atoms with van der Waals surface area (Å²) in [4.78, 5) is 16.0. The largest absolute Gasteiger partial charge is 0.351 e. The van der Waals surface area contributed by atoms with E-state index in [4.69, 9.17) is 11.6 Å². The third-order valence-corrected chi connectivity index (χ3v) is 3.72. The van der Waals surface area contributed by atoms with Crippen LogP contribution in [0.25, 0.3) is 0 Å². The molecule has 1 aromatic carbocycles. The van der Waals surface area contributed by atoms with Crippen LogP contribution in [0.2, 0.25) is 5.02 Å². The Morgan fingerprint density at radius 2 is 2.08 bits per heavy atom. The molecule has 0 aliphatic rings. The average molecular weight is 345 g/mol. The van der Waals surface area contributed by atoms with Crippen LogP contribution in [0.3, 0.4) is 0 Å². The minimum atomic E-state index is -0.219. The molecule has 0 aliphatic heterocycles. The van der Waals surface area contributed by atoms with Crippen molar-refractivity contribution in [2.45, 2.75) is 19.5 Å². The Kier molecular flexibility index (Phi) is 5.22. The number of imidazole rings is 1.